The van der Waals surface area contributed by atoms with Crippen LogP contribution in [0, 0.1) is 6.92 Å². The summed E-state index contributed by atoms with van der Waals surface area (Å²) in [5.41, 5.74) is 1.07. The molecule has 0 bridgehead atoms. The Labute approximate surface area is 104 Å². The maximum absolute atomic E-state index is 11.6. The first-order valence-electron chi connectivity index (χ1n) is 5.01. The molecule has 0 radical (unpaired) electrons. The number of hydrogen-bond donors (Lipinski definition) is 1. The van der Waals surface area contributed by atoms with Gasteiger partial charge >= 0.3 is 0 Å². The molecule has 0 aromatic carbocycles. The molecule has 1 N–H and O–H groups in total. The van der Waals surface area contributed by atoms with E-state index < -0.39 is 0 Å². The third-order valence-corrected chi connectivity index (χ3v) is 2.75. The van der Waals surface area contributed by atoms with Crippen molar-refractivity contribution in [2.45, 2.75) is 19.9 Å². The topological polar surface area (TPSA) is 45.2 Å². The van der Waals surface area contributed by atoms with Gasteiger partial charge in [0.2, 0.25) is 5.91 Å². The number of aromatic nitrogens is 1. The van der Waals surface area contributed by atoms with Crippen molar-refractivity contribution in [3.63, 3.8) is 0 Å². The van der Waals surface area contributed by atoms with Gasteiger partial charge in [-0.2, -0.15) is 0 Å². The lowest BCUT2D eigenvalue weighted by molar-refractivity contribution is -0.129. The molecule has 1 rings (SSSR count). The van der Waals surface area contributed by atoms with Gasteiger partial charge in [0.15, 0.2) is 0 Å². The molecule has 1 amide bonds. The highest BCUT2D eigenvalue weighted by atomic mass is 79.9. The first-order chi connectivity index (χ1) is 7.41. The molecule has 0 spiro atoms. The van der Waals surface area contributed by atoms with E-state index in [0.29, 0.717) is 5.82 Å². The second-order valence-corrected chi connectivity index (χ2v) is 4.80. The van der Waals surface area contributed by atoms with E-state index in [-0.39, 0.29) is 11.9 Å². The zero-order valence-corrected chi connectivity index (χ0v) is 11.5. The first-order valence-corrected chi connectivity index (χ1v) is 5.81. The van der Waals surface area contributed by atoms with Crippen molar-refractivity contribution in [2.75, 3.05) is 19.4 Å². The SMILES string of the molecule is Cc1cnc(NC(C)C(=O)N(C)C)c(Br)c1. The fourth-order valence-corrected chi connectivity index (χ4v) is 1.87. The molecule has 1 aromatic heterocycles. The van der Waals surface area contributed by atoms with Crippen LogP contribution in [0.4, 0.5) is 5.82 Å². The van der Waals surface area contributed by atoms with Crippen molar-refractivity contribution in [1.29, 1.82) is 0 Å². The van der Waals surface area contributed by atoms with Crippen molar-refractivity contribution in [3.8, 4) is 0 Å². The van der Waals surface area contributed by atoms with Crippen LogP contribution in [0.3, 0.4) is 0 Å². The molecule has 0 aliphatic rings. The lowest BCUT2D eigenvalue weighted by Crippen LogP contribution is -2.36. The van der Waals surface area contributed by atoms with Crippen LogP contribution < -0.4 is 5.32 Å². The highest BCUT2D eigenvalue weighted by molar-refractivity contribution is 9.10. The van der Waals surface area contributed by atoms with Gasteiger partial charge in [-0.05, 0) is 41.4 Å². The van der Waals surface area contributed by atoms with Crippen molar-refractivity contribution in [1.82, 2.24) is 9.88 Å². The first kappa shape index (κ1) is 13.0. The molecule has 1 atom stereocenters. The average Bonchev–Trinajstić information content (AvgIpc) is 2.20. The number of likely N-dealkylation sites (N-methyl/N-ethyl adjacent to an activating group) is 1. The summed E-state index contributed by atoms with van der Waals surface area (Å²) in [7, 11) is 3.47. The lowest BCUT2D eigenvalue weighted by atomic mass is 10.3. The molecular formula is C11H16BrN3O. The van der Waals surface area contributed by atoms with E-state index in [1.165, 1.54) is 0 Å². The molecule has 16 heavy (non-hydrogen) atoms. The summed E-state index contributed by atoms with van der Waals surface area (Å²) >= 11 is 3.41. The minimum Gasteiger partial charge on any atom is -0.358 e. The van der Waals surface area contributed by atoms with Crippen molar-refractivity contribution >= 4 is 27.7 Å². The molecule has 0 saturated carbocycles. The van der Waals surface area contributed by atoms with Crippen LogP contribution in [0.1, 0.15) is 12.5 Å². The Kier molecular flexibility index (Phi) is 4.29. The molecule has 4 nitrogen and oxygen atoms in total. The molecule has 0 saturated heterocycles. The van der Waals surface area contributed by atoms with Crippen molar-refractivity contribution in [2.24, 2.45) is 0 Å². The van der Waals surface area contributed by atoms with Gasteiger partial charge in [-0.1, -0.05) is 0 Å². The summed E-state index contributed by atoms with van der Waals surface area (Å²) in [6.45, 7) is 3.78. The minimum atomic E-state index is -0.290. The van der Waals surface area contributed by atoms with Gasteiger partial charge < -0.3 is 10.2 Å². The van der Waals surface area contributed by atoms with Gasteiger partial charge in [-0.15, -0.1) is 0 Å². The Morgan fingerprint density at radius 1 is 1.56 bits per heavy atom. The van der Waals surface area contributed by atoms with E-state index in [2.05, 4.69) is 26.2 Å². The normalized spacial score (nSPS) is 12.1. The maximum atomic E-state index is 11.6. The summed E-state index contributed by atoms with van der Waals surface area (Å²) < 4.78 is 0.867. The van der Waals surface area contributed by atoms with Gasteiger partial charge in [0, 0.05) is 20.3 Å². The van der Waals surface area contributed by atoms with Gasteiger partial charge in [-0.25, -0.2) is 4.98 Å². The number of aryl methyl sites for hydroxylation is 1. The molecule has 1 unspecified atom stereocenters. The van der Waals surface area contributed by atoms with Gasteiger partial charge in [-0.3, -0.25) is 4.79 Å². The number of nitrogens with one attached hydrogen (secondary N) is 1. The minimum absolute atomic E-state index is 0.0225. The Balaban J connectivity index is 2.77. The highest BCUT2D eigenvalue weighted by Gasteiger charge is 2.15. The van der Waals surface area contributed by atoms with Crippen LogP contribution in [0.15, 0.2) is 16.7 Å². The quantitative estimate of drug-likeness (QED) is 0.925. The summed E-state index contributed by atoms with van der Waals surface area (Å²) in [6, 6.07) is 1.67. The van der Waals surface area contributed by atoms with Crippen LogP contribution in [0.2, 0.25) is 0 Å². The summed E-state index contributed by atoms with van der Waals surface area (Å²) in [5.74, 6) is 0.711. The fourth-order valence-electron chi connectivity index (χ4n) is 1.29. The van der Waals surface area contributed by atoms with Crippen LogP contribution in [-0.2, 0) is 4.79 Å². The maximum Gasteiger partial charge on any atom is 0.244 e. The molecule has 88 valence electrons. The molecule has 1 heterocycles. The van der Waals surface area contributed by atoms with Gasteiger partial charge in [0.25, 0.3) is 0 Å². The predicted octanol–water partition coefficient (Wildman–Crippen LogP) is 2.04. The average molecular weight is 286 g/mol. The third kappa shape index (κ3) is 3.20. The number of carbonyl (C=O) groups is 1. The molecule has 0 fully saturated rings. The van der Waals surface area contributed by atoms with Crippen LogP contribution in [-0.4, -0.2) is 35.9 Å². The number of carbonyl (C=O) groups excluding carboxylic acids is 1. The summed E-state index contributed by atoms with van der Waals surface area (Å²) in [5, 5.41) is 3.07. The van der Waals surface area contributed by atoms with E-state index in [4.69, 9.17) is 0 Å². The Morgan fingerprint density at radius 2 is 2.19 bits per heavy atom. The molecular weight excluding hydrogens is 270 g/mol. The number of hydrogen-bond acceptors (Lipinski definition) is 3. The van der Waals surface area contributed by atoms with Gasteiger partial charge in [0.05, 0.1) is 4.47 Å². The summed E-state index contributed by atoms with van der Waals surface area (Å²) in [6.07, 6.45) is 1.76. The van der Waals surface area contributed by atoms with Crippen molar-refractivity contribution in [3.05, 3.63) is 22.3 Å². The smallest absolute Gasteiger partial charge is 0.244 e. The Hall–Kier alpha value is -1.10. The van der Waals surface area contributed by atoms with E-state index in [0.717, 1.165) is 10.0 Å². The van der Waals surface area contributed by atoms with E-state index in [1.807, 2.05) is 19.9 Å². The van der Waals surface area contributed by atoms with Crippen LogP contribution in [0.5, 0.6) is 0 Å². The molecule has 0 aliphatic heterocycles. The number of rotatable bonds is 3. The Bertz CT molecular complexity index is 393. The molecule has 0 aliphatic carbocycles. The number of pyridine rings is 1. The van der Waals surface area contributed by atoms with E-state index in [1.54, 1.807) is 25.2 Å². The zero-order valence-electron chi connectivity index (χ0n) is 9.91. The van der Waals surface area contributed by atoms with Crippen LogP contribution >= 0.6 is 15.9 Å². The Morgan fingerprint density at radius 3 is 2.69 bits per heavy atom. The van der Waals surface area contributed by atoms with Gasteiger partial charge in [0.1, 0.15) is 11.9 Å². The standard InChI is InChI=1S/C11H16BrN3O/c1-7-5-9(12)10(13-6-7)14-8(2)11(16)15(3)4/h5-6,8H,1-4H3,(H,13,14). The summed E-state index contributed by atoms with van der Waals surface area (Å²) in [4.78, 5) is 17.4. The number of amides is 1. The lowest BCUT2D eigenvalue weighted by Gasteiger charge is -2.19. The van der Waals surface area contributed by atoms with E-state index >= 15 is 0 Å². The molecule has 1 aromatic rings. The zero-order chi connectivity index (χ0) is 12.3. The largest absolute Gasteiger partial charge is 0.358 e. The number of anilines is 1. The van der Waals surface area contributed by atoms with Crippen molar-refractivity contribution < 1.29 is 4.79 Å². The number of nitrogens with zero attached hydrogens (tertiary/aromatic N) is 2. The van der Waals surface area contributed by atoms with Crippen LogP contribution in [0.25, 0.3) is 0 Å². The highest BCUT2D eigenvalue weighted by Crippen LogP contribution is 2.21. The monoisotopic (exact) mass is 285 g/mol. The molecule has 5 heteroatoms. The second kappa shape index (κ2) is 5.30. The fraction of sp³-hybridized carbons (Fsp3) is 0.455. The second-order valence-electron chi connectivity index (χ2n) is 3.94. The van der Waals surface area contributed by atoms with E-state index in [9.17, 15) is 4.79 Å². The number of halogens is 1. The predicted molar refractivity (Wildman–Crippen MR) is 68.5 cm³/mol. The third-order valence-electron chi connectivity index (χ3n) is 2.14.